The number of nitrogens with zero attached hydrogens (tertiary/aromatic N) is 1. The maximum Gasteiger partial charge on any atom is 0.325 e. The molecule has 2 rings (SSSR count). The van der Waals surface area contributed by atoms with Gasteiger partial charge in [0.15, 0.2) is 0 Å². The highest BCUT2D eigenvalue weighted by molar-refractivity contribution is 6.07. The molecule has 1 unspecified atom stereocenters. The highest BCUT2D eigenvalue weighted by Crippen LogP contribution is 2.33. The maximum atomic E-state index is 12.9. The van der Waals surface area contributed by atoms with Crippen molar-refractivity contribution in [1.82, 2.24) is 10.2 Å². The zero-order valence-corrected chi connectivity index (χ0v) is 14.3. The van der Waals surface area contributed by atoms with Gasteiger partial charge in [0.1, 0.15) is 5.54 Å². The molecule has 1 heterocycles. The number of benzene rings is 1. The van der Waals surface area contributed by atoms with Gasteiger partial charge in [0, 0.05) is 6.54 Å². The van der Waals surface area contributed by atoms with E-state index in [0.717, 1.165) is 18.4 Å². The normalized spacial score (nSPS) is 21.2. The molecule has 1 aromatic carbocycles. The molecule has 1 saturated heterocycles. The summed E-state index contributed by atoms with van der Waals surface area (Å²) < 4.78 is 0. The SMILES string of the molecule is CCC1(c2ccc(C(C)C)cc2)NC(=O)N(CCCCN)C1=O. The largest absolute Gasteiger partial charge is 0.330 e. The molecule has 1 fully saturated rings. The van der Waals surface area contributed by atoms with Crippen LogP contribution in [0.25, 0.3) is 0 Å². The van der Waals surface area contributed by atoms with Crippen LogP contribution in [0.4, 0.5) is 4.79 Å². The molecule has 0 bridgehead atoms. The lowest BCUT2D eigenvalue weighted by Gasteiger charge is -2.26. The van der Waals surface area contributed by atoms with Gasteiger partial charge in [0.2, 0.25) is 0 Å². The number of rotatable bonds is 7. The number of hydrogen-bond acceptors (Lipinski definition) is 3. The summed E-state index contributed by atoms with van der Waals surface area (Å²) in [6.45, 7) is 7.18. The van der Waals surface area contributed by atoms with Gasteiger partial charge in [-0.1, -0.05) is 45.0 Å². The molecule has 23 heavy (non-hydrogen) atoms. The summed E-state index contributed by atoms with van der Waals surface area (Å²) in [7, 11) is 0. The first-order valence-corrected chi connectivity index (χ1v) is 8.41. The Kier molecular flexibility index (Phi) is 5.42. The van der Waals surface area contributed by atoms with Gasteiger partial charge in [-0.2, -0.15) is 0 Å². The predicted octanol–water partition coefficient (Wildman–Crippen LogP) is 2.71. The van der Waals surface area contributed by atoms with E-state index in [1.807, 2.05) is 31.2 Å². The molecule has 3 N–H and O–H groups in total. The number of urea groups is 1. The summed E-state index contributed by atoms with van der Waals surface area (Å²) in [6.07, 6.45) is 2.08. The highest BCUT2D eigenvalue weighted by Gasteiger charge is 2.50. The van der Waals surface area contributed by atoms with Gasteiger partial charge in [-0.15, -0.1) is 0 Å². The average molecular weight is 317 g/mol. The summed E-state index contributed by atoms with van der Waals surface area (Å²) in [6, 6.07) is 7.68. The van der Waals surface area contributed by atoms with Crippen LogP contribution in [0.15, 0.2) is 24.3 Å². The van der Waals surface area contributed by atoms with Crippen molar-refractivity contribution in [2.75, 3.05) is 13.1 Å². The highest BCUT2D eigenvalue weighted by atomic mass is 16.2. The van der Waals surface area contributed by atoms with Gasteiger partial charge >= 0.3 is 6.03 Å². The molecule has 126 valence electrons. The van der Waals surface area contributed by atoms with Crippen LogP contribution in [0.1, 0.15) is 57.1 Å². The summed E-state index contributed by atoms with van der Waals surface area (Å²) in [5.41, 5.74) is 6.62. The Morgan fingerprint density at radius 2 is 1.83 bits per heavy atom. The van der Waals surface area contributed by atoms with Crippen molar-refractivity contribution >= 4 is 11.9 Å². The third kappa shape index (κ3) is 3.24. The number of carbonyl (C=O) groups is 2. The number of carbonyl (C=O) groups excluding carboxylic acids is 2. The van der Waals surface area contributed by atoms with Gasteiger partial charge in [-0.05, 0) is 42.9 Å². The molecule has 1 atom stereocenters. The fraction of sp³-hybridized carbons (Fsp3) is 0.556. The van der Waals surface area contributed by atoms with Crippen molar-refractivity contribution in [2.24, 2.45) is 5.73 Å². The molecule has 5 heteroatoms. The maximum absolute atomic E-state index is 12.9. The molecule has 0 spiro atoms. The molecule has 3 amide bonds. The van der Waals surface area contributed by atoms with Crippen molar-refractivity contribution in [3.63, 3.8) is 0 Å². The quantitative estimate of drug-likeness (QED) is 0.600. The molecular weight excluding hydrogens is 290 g/mol. The lowest BCUT2D eigenvalue weighted by Crippen LogP contribution is -2.43. The number of nitrogens with two attached hydrogens (primary N) is 1. The summed E-state index contributed by atoms with van der Waals surface area (Å²) >= 11 is 0. The lowest BCUT2D eigenvalue weighted by atomic mass is 9.86. The van der Waals surface area contributed by atoms with Crippen LogP contribution in [0, 0.1) is 0 Å². The second-order valence-electron chi connectivity index (χ2n) is 6.42. The Morgan fingerprint density at radius 1 is 1.17 bits per heavy atom. The molecule has 0 aromatic heterocycles. The first kappa shape index (κ1) is 17.5. The molecular formula is C18H27N3O2. The third-order valence-corrected chi connectivity index (χ3v) is 4.61. The van der Waals surface area contributed by atoms with Crippen LogP contribution in [-0.4, -0.2) is 29.9 Å². The molecule has 1 aromatic rings. The third-order valence-electron chi connectivity index (χ3n) is 4.61. The van der Waals surface area contributed by atoms with Crippen LogP contribution < -0.4 is 11.1 Å². The average Bonchev–Trinajstić information content (AvgIpc) is 2.80. The van der Waals surface area contributed by atoms with Crippen molar-refractivity contribution in [2.45, 2.75) is 51.5 Å². The first-order valence-electron chi connectivity index (χ1n) is 8.41. The van der Waals surface area contributed by atoms with Gasteiger partial charge in [-0.25, -0.2) is 4.79 Å². The van der Waals surface area contributed by atoms with Crippen LogP contribution in [0.3, 0.4) is 0 Å². The summed E-state index contributed by atoms with van der Waals surface area (Å²) in [4.78, 5) is 26.5. The molecule has 1 aliphatic rings. The molecule has 0 radical (unpaired) electrons. The smallest absolute Gasteiger partial charge is 0.325 e. The topological polar surface area (TPSA) is 75.4 Å². The van der Waals surface area contributed by atoms with E-state index in [1.54, 1.807) is 0 Å². The van der Waals surface area contributed by atoms with E-state index in [1.165, 1.54) is 10.5 Å². The fourth-order valence-electron chi connectivity index (χ4n) is 3.04. The van der Waals surface area contributed by atoms with E-state index in [2.05, 4.69) is 19.2 Å². The van der Waals surface area contributed by atoms with Crippen molar-refractivity contribution in [3.8, 4) is 0 Å². The van der Waals surface area contributed by atoms with Crippen molar-refractivity contribution in [3.05, 3.63) is 35.4 Å². The number of hydrogen-bond donors (Lipinski definition) is 2. The van der Waals surface area contributed by atoms with Crippen molar-refractivity contribution < 1.29 is 9.59 Å². The van der Waals surface area contributed by atoms with E-state index in [0.29, 0.717) is 25.4 Å². The van der Waals surface area contributed by atoms with Gasteiger partial charge in [-0.3, -0.25) is 9.69 Å². The lowest BCUT2D eigenvalue weighted by molar-refractivity contribution is -0.131. The minimum atomic E-state index is -0.935. The van der Waals surface area contributed by atoms with Crippen LogP contribution in [0.5, 0.6) is 0 Å². The van der Waals surface area contributed by atoms with Crippen molar-refractivity contribution in [1.29, 1.82) is 0 Å². The molecule has 5 nitrogen and oxygen atoms in total. The van der Waals surface area contributed by atoms with E-state index >= 15 is 0 Å². The zero-order valence-electron chi connectivity index (χ0n) is 14.3. The molecule has 0 aliphatic carbocycles. The second-order valence-corrected chi connectivity index (χ2v) is 6.42. The Labute approximate surface area is 138 Å². The van der Waals surface area contributed by atoms with Crippen LogP contribution >= 0.6 is 0 Å². The predicted molar refractivity (Wildman–Crippen MR) is 91.0 cm³/mol. The van der Waals surface area contributed by atoms with Crippen LogP contribution in [-0.2, 0) is 10.3 Å². The van der Waals surface area contributed by atoms with E-state index in [9.17, 15) is 9.59 Å². The van der Waals surface area contributed by atoms with Gasteiger partial charge < -0.3 is 11.1 Å². The molecule has 0 saturated carbocycles. The minimum absolute atomic E-state index is 0.153. The van der Waals surface area contributed by atoms with Crippen LogP contribution in [0.2, 0.25) is 0 Å². The van der Waals surface area contributed by atoms with E-state index < -0.39 is 5.54 Å². The fourth-order valence-corrected chi connectivity index (χ4v) is 3.04. The number of amides is 3. The number of imide groups is 1. The number of nitrogens with one attached hydrogen (secondary N) is 1. The summed E-state index contributed by atoms with van der Waals surface area (Å²) in [5, 5.41) is 2.92. The second kappa shape index (κ2) is 7.13. The molecule has 1 aliphatic heterocycles. The minimum Gasteiger partial charge on any atom is -0.330 e. The monoisotopic (exact) mass is 317 g/mol. The Hall–Kier alpha value is -1.88. The van der Waals surface area contributed by atoms with E-state index in [-0.39, 0.29) is 11.9 Å². The van der Waals surface area contributed by atoms with Gasteiger partial charge in [0.25, 0.3) is 5.91 Å². The van der Waals surface area contributed by atoms with E-state index in [4.69, 9.17) is 5.73 Å². The standard InChI is InChI=1S/C18H27N3O2/c1-4-18(15-9-7-14(8-10-15)13(2)3)16(22)21(17(23)20-18)12-6-5-11-19/h7-10,13H,4-6,11-12,19H2,1-3H3,(H,20,23). The Balaban J connectivity index is 2.26. The number of unbranched alkanes of at least 4 members (excludes halogenated alkanes) is 1. The zero-order chi connectivity index (χ0) is 17.0. The summed E-state index contributed by atoms with van der Waals surface area (Å²) in [5.74, 6) is 0.280. The first-order chi connectivity index (χ1) is 11.0. The Morgan fingerprint density at radius 3 is 2.35 bits per heavy atom. The Bertz CT molecular complexity index is 568. The van der Waals surface area contributed by atoms with Gasteiger partial charge in [0.05, 0.1) is 0 Å².